The molecule has 1 rings (SSSR count). The molecule has 21 heavy (non-hydrogen) atoms. The van der Waals surface area contributed by atoms with E-state index >= 15 is 0 Å². The molecule has 1 N–H and O–H groups in total. The molecule has 0 heterocycles. The number of ether oxygens (including phenoxy) is 2. The number of halogens is 4. The largest absolute Gasteiger partial charge is 0.487 e. The molecule has 118 valence electrons. The molecule has 0 aromatic heterocycles. The highest BCUT2D eigenvalue weighted by atomic mass is 19.2. The second-order valence-corrected chi connectivity index (χ2v) is 4.03. The lowest BCUT2D eigenvalue weighted by atomic mass is 10.2. The van der Waals surface area contributed by atoms with E-state index in [1.807, 2.05) is 0 Å². The highest BCUT2D eigenvalue weighted by molar-refractivity contribution is 5.75. The Morgan fingerprint density at radius 3 is 2.29 bits per heavy atom. The minimum absolute atomic E-state index is 0.00630. The Morgan fingerprint density at radius 2 is 1.81 bits per heavy atom. The topological polar surface area (TPSA) is 47.6 Å². The molecule has 0 fully saturated rings. The first-order chi connectivity index (χ1) is 9.92. The third-order valence-electron chi connectivity index (χ3n) is 2.64. The number of carbonyl (C=O) groups excluding carboxylic acids is 1. The second-order valence-electron chi connectivity index (χ2n) is 4.03. The summed E-state index contributed by atoms with van der Waals surface area (Å²) >= 11 is 0. The van der Waals surface area contributed by atoms with Crippen molar-refractivity contribution in [3.05, 3.63) is 29.3 Å². The van der Waals surface area contributed by atoms with Crippen LogP contribution in [0.15, 0.2) is 6.07 Å². The highest BCUT2D eigenvalue weighted by Gasteiger charge is 2.22. The molecular weight excluding hydrogens is 294 g/mol. The Hall–Kier alpha value is -1.83. The van der Waals surface area contributed by atoms with Crippen LogP contribution >= 0.6 is 0 Å². The van der Waals surface area contributed by atoms with Gasteiger partial charge in [0.05, 0.1) is 13.2 Å². The third-order valence-corrected chi connectivity index (χ3v) is 2.64. The minimum atomic E-state index is -1.62. The number of hydrogen-bond acceptors (Lipinski definition) is 4. The summed E-state index contributed by atoms with van der Waals surface area (Å²) in [5, 5.41) is 2.63. The molecular formula is C13H15F4NO3. The average molecular weight is 309 g/mol. The van der Waals surface area contributed by atoms with Gasteiger partial charge in [-0.1, -0.05) is 0 Å². The van der Waals surface area contributed by atoms with E-state index in [9.17, 15) is 22.4 Å². The standard InChI is InChI=1S/C13H15F4NO3/c1-3-20-13(19)9(18-2)4-5-21-12-10(16)7(14)6-8(15)11(12)17/h6,9,18H,3-5H2,1-2H3. The predicted molar refractivity (Wildman–Crippen MR) is 65.9 cm³/mol. The fraction of sp³-hybridized carbons (Fsp3) is 0.462. The van der Waals surface area contributed by atoms with Gasteiger partial charge in [0.15, 0.2) is 17.4 Å². The van der Waals surface area contributed by atoms with Crippen molar-refractivity contribution in [2.45, 2.75) is 19.4 Å². The fourth-order valence-corrected chi connectivity index (χ4v) is 1.58. The summed E-state index contributed by atoms with van der Waals surface area (Å²) in [6.45, 7) is 1.47. The van der Waals surface area contributed by atoms with Crippen molar-refractivity contribution in [2.24, 2.45) is 0 Å². The van der Waals surface area contributed by atoms with Crippen LogP contribution in [-0.2, 0) is 9.53 Å². The first kappa shape index (κ1) is 17.2. The summed E-state index contributed by atoms with van der Waals surface area (Å²) < 4.78 is 62.0. The van der Waals surface area contributed by atoms with Gasteiger partial charge in [-0.15, -0.1) is 0 Å². The van der Waals surface area contributed by atoms with Crippen LogP contribution in [0.3, 0.4) is 0 Å². The molecule has 1 unspecified atom stereocenters. The Bertz CT molecular complexity index is 484. The van der Waals surface area contributed by atoms with Crippen molar-refractivity contribution in [1.82, 2.24) is 5.32 Å². The van der Waals surface area contributed by atoms with E-state index in [1.165, 1.54) is 7.05 Å². The van der Waals surface area contributed by atoms with Crippen molar-refractivity contribution in [3.8, 4) is 5.75 Å². The molecule has 0 saturated heterocycles. The van der Waals surface area contributed by atoms with Crippen molar-refractivity contribution >= 4 is 5.97 Å². The third kappa shape index (κ3) is 4.32. The first-order valence-electron chi connectivity index (χ1n) is 6.22. The van der Waals surface area contributed by atoms with Gasteiger partial charge in [0.2, 0.25) is 11.6 Å². The van der Waals surface area contributed by atoms with Crippen molar-refractivity contribution in [2.75, 3.05) is 20.3 Å². The zero-order valence-electron chi connectivity index (χ0n) is 11.5. The molecule has 0 spiro atoms. The average Bonchev–Trinajstić information content (AvgIpc) is 2.44. The van der Waals surface area contributed by atoms with Crippen LogP contribution in [0.4, 0.5) is 17.6 Å². The summed E-state index contributed by atoms with van der Waals surface area (Å²) in [6.07, 6.45) is 0.00630. The predicted octanol–water partition coefficient (Wildman–Crippen LogP) is 2.16. The van der Waals surface area contributed by atoms with E-state index in [-0.39, 0.29) is 25.7 Å². The lowest BCUT2D eigenvalue weighted by Gasteiger charge is -2.15. The Morgan fingerprint density at radius 1 is 1.24 bits per heavy atom. The summed E-state index contributed by atoms with van der Waals surface area (Å²) in [4.78, 5) is 11.5. The van der Waals surface area contributed by atoms with Crippen LogP contribution in [0.2, 0.25) is 0 Å². The van der Waals surface area contributed by atoms with Crippen molar-refractivity contribution in [1.29, 1.82) is 0 Å². The maximum absolute atomic E-state index is 13.3. The number of carbonyl (C=O) groups is 1. The Kier molecular flexibility index (Phi) is 6.41. The first-order valence-corrected chi connectivity index (χ1v) is 6.22. The summed E-state index contributed by atoms with van der Waals surface area (Å²) in [7, 11) is 1.49. The number of nitrogens with one attached hydrogen (secondary N) is 1. The van der Waals surface area contributed by atoms with E-state index < -0.39 is 41.0 Å². The molecule has 1 aromatic carbocycles. The smallest absolute Gasteiger partial charge is 0.323 e. The van der Waals surface area contributed by atoms with Crippen LogP contribution in [-0.4, -0.2) is 32.3 Å². The molecule has 0 bridgehead atoms. The van der Waals surface area contributed by atoms with E-state index in [0.29, 0.717) is 0 Å². The van der Waals surface area contributed by atoms with Gasteiger partial charge in [0, 0.05) is 12.5 Å². The van der Waals surface area contributed by atoms with Crippen LogP contribution in [0.1, 0.15) is 13.3 Å². The fourth-order valence-electron chi connectivity index (χ4n) is 1.58. The lowest BCUT2D eigenvalue weighted by molar-refractivity contribution is -0.145. The molecule has 1 aromatic rings. The summed E-state index contributed by atoms with van der Waals surface area (Å²) in [5.74, 6) is -8.06. The quantitative estimate of drug-likeness (QED) is 0.476. The molecule has 0 radical (unpaired) electrons. The minimum Gasteiger partial charge on any atom is -0.487 e. The van der Waals surface area contributed by atoms with Gasteiger partial charge in [-0.05, 0) is 14.0 Å². The van der Waals surface area contributed by atoms with Gasteiger partial charge in [-0.3, -0.25) is 4.79 Å². The number of hydrogen-bond donors (Lipinski definition) is 1. The van der Waals surface area contributed by atoms with Gasteiger partial charge in [0.1, 0.15) is 6.04 Å². The molecule has 0 saturated carbocycles. The van der Waals surface area contributed by atoms with Crippen LogP contribution < -0.4 is 10.1 Å². The number of likely N-dealkylation sites (N-methyl/N-ethyl adjacent to an activating group) is 1. The normalized spacial score (nSPS) is 12.1. The van der Waals surface area contributed by atoms with Crippen LogP contribution in [0, 0.1) is 23.3 Å². The van der Waals surface area contributed by atoms with E-state index in [0.717, 1.165) is 0 Å². The molecule has 1 atom stereocenters. The van der Waals surface area contributed by atoms with Crippen molar-refractivity contribution in [3.63, 3.8) is 0 Å². The highest BCUT2D eigenvalue weighted by Crippen LogP contribution is 2.26. The van der Waals surface area contributed by atoms with Gasteiger partial charge >= 0.3 is 5.97 Å². The summed E-state index contributed by atoms with van der Waals surface area (Å²) in [5.41, 5.74) is 0. The maximum atomic E-state index is 13.3. The SMILES string of the molecule is CCOC(=O)C(CCOc1c(F)c(F)cc(F)c1F)NC. The van der Waals surface area contributed by atoms with Gasteiger partial charge < -0.3 is 14.8 Å². The van der Waals surface area contributed by atoms with E-state index in [1.54, 1.807) is 6.92 Å². The molecule has 4 nitrogen and oxygen atoms in total. The second kappa shape index (κ2) is 7.82. The maximum Gasteiger partial charge on any atom is 0.323 e. The number of rotatable bonds is 7. The molecule has 8 heteroatoms. The van der Waals surface area contributed by atoms with Crippen LogP contribution in [0.25, 0.3) is 0 Å². The van der Waals surface area contributed by atoms with Crippen LogP contribution in [0.5, 0.6) is 5.75 Å². The molecule has 0 aliphatic rings. The van der Waals surface area contributed by atoms with Gasteiger partial charge in [0.25, 0.3) is 0 Å². The van der Waals surface area contributed by atoms with E-state index in [2.05, 4.69) is 5.32 Å². The molecule has 0 amide bonds. The zero-order valence-corrected chi connectivity index (χ0v) is 11.5. The van der Waals surface area contributed by atoms with Gasteiger partial charge in [-0.25, -0.2) is 8.78 Å². The Labute approximate surface area is 119 Å². The molecule has 0 aliphatic carbocycles. The Balaban J connectivity index is 2.70. The monoisotopic (exact) mass is 309 g/mol. The van der Waals surface area contributed by atoms with Gasteiger partial charge in [-0.2, -0.15) is 8.78 Å². The van der Waals surface area contributed by atoms with Crippen molar-refractivity contribution < 1.29 is 31.8 Å². The number of benzene rings is 1. The summed E-state index contributed by atoms with van der Waals surface area (Å²) in [6, 6.07) is -0.665. The number of esters is 1. The molecule has 0 aliphatic heterocycles. The zero-order chi connectivity index (χ0) is 16.0. The lowest BCUT2D eigenvalue weighted by Crippen LogP contribution is -2.37. The van der Waals surface area contributed by atoms with E-state index in [4.69, 9.17) is 9.47 Å².